The second-order valence-electron chi connectivity index (χ2n) is 4.88. The maximum atomic E-state index is 2.40. The van der Waals surface area contributed by atoms with Gasteiger partial charge in [-0.2, -0.15) is 0 Å². The van der Waals surface area contributed by atoms with E-state index in [1.807, 2.05) is 0 Å². The van der Waals surface area contributed by atoms with Crippen molar-refractivity contribution >= 4 is 0 Å². The van der Waals surface area contributed by atoms with E-state index in [1.165, 1.54) is 32.1 Å². The molecule has 2 atom stereocenters. The van der Waals surface area contributed by atoms with Gasteiger partial charge in [0.05, 0.1) is 0 Å². The third-order valence-electron chi connectivity index (χ3n) is 3.28. The highest BCUT2D eigenvalue weighted by Gasteiger charge is 2.12. The lowest BCUT2D eigenvalue weighted by Crippen LogP contribution is -2.09. The SMILES string of the molecule is CCCC(C)CCC(CC)C(C)C. The van der Waals surface area contributed by atoms with Gasteiger partial charge in [0, 0.05) is 0 Å². The van der Waals surface area contributed by atoms with Crippen molar-refractivity contribution in [3.05, 3.63) is 0 Å². The van der Waals surface area contributed by atoms with Gasteiger partial charge in [-0.15, -0.1) is 0 Å². The summed E-state index contributed by atoms with van der Waals surface area (Å²) >= 11 is 0. The summed E-state index contributed by atoms with van der Waals surface area (Å²) in [5, 5.41) is 0. The first kappa shape index (κ1) is 13.0. The Balaban J connectivity index is 3.59. The van der Waals surface area contributed by atoms with Crippen LogP contribution in [0.3, 0.4) is 0 Å². The summed E-state index contributed by atoms with van der Waals surface area (Å²) in [6, 6.07) is 0. The molecule has 0 amide bonds. The minimum atomic E-state index is 0.874. The minimum Gasteiger partial charge on any atom is -0.0654 e. The van der Waals surface area contributed by atoms with E-state index in [0.717, 1.165) is 17.8 Å². The Morgan fingerprint density at radius 3 is 1.85 bits per heavy atom. The Kier molecular flexibility index (Phi) is 7.41. The molecule has 0 bridgehead atoms. The quantitative estimate of drug-likeness (QED) is 0.528. The molecule has 13 heavy (non-hydrogen) atoms. The molecule has 80 valence electrons. The van der Waals surface area contributed by atoms with E-state index in [9.17, 15) is 0 Å². The standard InChI is InChI=1S/C13H28/c1-6-8-12(5)9-10-13(7-2)11(3)4/h11-13H,6-10H2,1-5H3. The van der Waals surface area contributed by atoms with Gasteiger partial charge in [-0.25, -0.2) is 0 Å². The molecule has 0 radical (unpaired) electrons. The molecule has 0 heteroatoms. The highest BCUT2D eigenvalue weighted by Crippen LogP contribution is 2.24. The molecule has 0 spiro atoms. The number of hydrogen-bond acceptors (Lipinski definition) is 0. The molecular weight excluding hydrogens is 156 g/mol. The van der Waals surface area contributed by atoms with E-state index in [2.05, 4.69) is 34.6 Å². The Bertz CT molecular complexity index is 105. The minimum absolute atomic E-state index is 0.874. The maximum absolute atomic E-state index is 2.40. The maximum Gasteiger partial charge on any atom is -0.0394 e. The largest absolute Gasteiger partial charge is 0.0654 e. The van der Waals surface area contributed by atoms with Crippen molar-refractivity contribution in [3.63, 3.8) is 0 Å². The van der Waals surface area contributed by atoms with Gasteiger partial charge in [0.25, 0.3) is 0 Å². The zero-order valence-corrected chi connectivity index (χ0v) is 10.3. The molecule has 0 aliphatic carbocycles. The smallest absolute Gasteiger partial charge is 0.0394 e. The lowest BCUT2D eigenvalue weighted by Gasteiger charge is -2.20. The number of hydrogen-bond donors (Lipinski definition) is 0. The van der Waals surface area contributed by atoms with Crippen molar-refractivity contribution in [3.8, 4) is 0 Å². The molecule has 0 nitrogen and oxygen atoms in total. The van der Waals surface area contributed by atoms with E-state index in [-0.39, 0.29) is 0 Å². The topological polar surface area (TPSA) is 0 Å². The summed E-state index contributed by atoms with van der Waals surface area (Å²) < 4.78 is 0. The molecule has 0 aliphatic heterocycles. The fourth-order valence-electron chi connectivity index (χ4n) is 2.14. The predicted molar refractivity (Wildman–Crippen MR) is 61.9 cm³/mol. The van der Waals surface area contributed by atoms with Crippen LogP contribution >= 0.6 is 0 Å². The van der Waals surface area contributed by atoms with E-state index in [4.69, 9.17) is 0 Å². The summed E-state index contributed by atoms with van der Waals surface area (Å²) in [6.07, 6.45) is 6.99. The van der Waals surface area contributed by atoms with Gasteiger partial charge < -0.3 is 0 Å². The Hall–Kier alpha value is 0. The fraction of sp³-hybridized carbons (Fsp3) is 1.00. The lowest BCUT2D eigenvalue weighted by molar-refractivity contribution is 0.311. The molecule has 0 rings (SSSR count). The summed E-state index contributed by atoms with van der Waals surface area (Å²) in [6.45, 7) is 11.7. The van der Waals surface area contributed by atoms with Crippen LogP contribution in [0.15, 0.2) is 0 Å². The molecule has 0 N–H and O–H groups in total. The van der Waals surface area contributed by atoms with Crippen molar-refractivity contribution in [2.24, 2.45) is 17.8 Å². The second kappa shape index (κ2) is 7.41. The van der Waals surface area contributed by atoms with Gasteiger partial charge in [-0.3, -0.25) is 0 Å². The summed E-state index contributed by atoms with van der Waals surface area (Å²) in [4.78, 5) is 0. The van der Waals surface area contributed by atoms with Gasteiger partial charge in [-0.1, -0.05) is 60.3 Å². The van der Waals surface area contributed by atoms with Crippen LogP contribution in [0.2, 0.25) is 0 Å². The van der Waals surface area contributed by atoms with Crippen LogP contribution < -0.4 is 0 Å². The van der Waals surface area contributed by atoms with Crippen LogP contribution in [0.25, 0.3) is 0 Å². The molecule has 0 fully saturated rings. The number of rotatable bonds is 7. The first-order chi connectivity index (χ1) is 6.11. The highest BCUT2D eigenvalue weighted by molar-refractivity contribution is 4.63. The molecule has 0 saturated heterocycles. The Morgan fingerprint density at radius 2 is 1.46 bits per heavy atom. The lowest BCUT2D eigenvalue weighted by atomic mass is 9.86. The van der Waals surface area contributed by atoms with E-state index in [1.54, 1.807) is 0 Å². The Labute approximate surface area is 85.1 Å². The molecule has 0 aromatic heterocycles. The second-order valence-corrected chi connectivity index (χ2v) is 4.88. The van der Waals surface area contributed by atoms with Crippen LogP contribution in [-0.2, 0) is 0 Å². The molecule has 0 aliphatic rings. The summed E-state index contributed by atoms with van der Waals surface area (Å²) in [7, 11) is 0. The molecular formula is C13H28. The average Bonchev–Trinajstić information content (AvgIpc) is 2.05. The predicted octanol–water partition coefficient (Wildman–Crippen LogP) is 4.89. The van der Waals surface area contributed by atoms with Crippen molar-refractivity contribution in [1.29, 1.82) is 0 Å². The van der Waals surface area contributed by atoms with Gasteiger partial charge in [0.15, 0.2) is 0 Å². The molecule has 0 saturated carbocycles. The summed E-state index contributed by atoms with van der Waals surface area (Å²) in [5.74, 6) is 2.77. The van der Waals surface area contributed by atoms with Crippen LogP contribution in [-0.4, -0.2) is 0 Å². The van der Waals surface area contributed by atoms with Crippen LogP contribution in [0, 0.1) is 17.8 Å². The average molecular weight is 184 g/mol. The first-order valence-electron chi connectivity index (χ1n) is 6.11. The van der Waals surface area contributed by atoms with Crippen LogP contribution in [0.5, 0.6) is 0 Å². The van der Waals surface area contributed by atoms with E-state index >= 15 is 0 Å². The highest BCUT2D eigenvalue weighted by atomic mass is 14.2. The van der Waals surface area contributed by atoms with Crippen molar-refractivity contribution in [2.75, 3.05) is 0 Å². The third-order valence-corrected chi connectivity index (χ3v) is 3.28. The molecule has 0 heterocycles. The van der Waals surface area contributed by atoms with Gasteiger partial charge >= 0.3 is 0 Å². The normalized spacial score (nSPS) is 16.2. The van der Waals surface area contributed by atoms with Gasteiger partial charge in [0.1, 0.15) is 0 Å². The first-order valence-corrected chi connectivity index (χ1v) is 6.11. The van der Waals surface area contributed by atoms with Crippen LogP contribution in [0.4, 0.5) is 0 Å². The molecule has 0 aromatic rings. The van der Waals surface area contributed by atoms with Crippen molar-refractivity contribution in [2.45, 2.75) is 66.7 Å². The van der Waals surface area contributed by atoms with Crippen LogP contribution in [0.1, 0.15) is 66.7 Å². The summed E-state index contributed by atoms with van der Waals surface area (Å²) in [5.41, 5.74) is 0. The zero-order chi connectivity index (χ0) is 10.3. The monoisotopic (exact) mass is 184 g/mol. The van der Waals surface area contributed by atoms with Crippen molar-refractivity contribution in [1.82, 2.24) is 0 Å². The third kappa shape index (κ3) is 6.12. The fourth-order valence-corrected chi connectivity index (χ4v) is 2.14. The van der Waals surface area contributed by atoms with Gasteiger partial charge in [-0.05, 0) is 24.2 Å². The van der Waals surface area contributed by atoms with Gasteiger partial charge in [0.2, 0.25) is 0 Å². The Morgan fingerprint density at radius 1 is 0.846 bits per heavy atom. The molecule has 0 aromatic carbocycles. The zero-order valence-electron chi connectivity index (χ0n) is 10.3. The van der Waals surface area contributed by atoms with Crippen molar-refractivity contribution < 1.29 is 0 Å². The molecule has 2 unspecified atom stereocenters. The van der Waals surface area contributed by atoms with E-state index < -0.39 is 0 Å². The van der Waals surface area contributed by atoms with E-state index in [0.29, 0.717) is 0 Å².